The molecule has 1 aliphatic rings. The molecule has 0 spiro atoms. The van der Waals surface area contributed by atoms with Gasteiger partial charge in [-0.2, -0.15) is 0 Å². The molecular formula is C11H11O3Se. The molecule has 79 valence electrons. The molecule has 15 heavy (non-hydrogen) atoms. The second kappa shape index (κ2) is 4.25. The summed E-state index contributed by atoms with van der Waals surface area (Å²) in [4.78, 5) is 11.2. The fourth-order valence-corrected chi connectivity index (χ4v) is 2.34. The number of hydrogen-bond acceptors (Lipinski definition) is 3. The number of carbonyl (C=O) groups is 1. The predicted octanol–water partition coefficient (Wildman–Crippen LogP) is 1.64. The van der Waals surface area contributed by atoms with E-state index in [4.69, 9.17) is 9.47 Å². The van der Waals surface area contributed by atoms with E-state index in [1.807, 2.05) is 24.3 Å². The van der Waals surface area contributed by atoms with Crippen LogP contribution in [0.4, 0.5) is 0 Å². The van der Waals surface area contributed by atoms with E-state index in [0.717, 1.165) is 11.3 Å². The van der Waals surface area contributed by atoms with Gasteiger partial charge in [0.2, 0.25) is 0 Å². The Morgan fingerprint density at radius 2 is 2.07 bits per heavy atom. The molecule has 1 fully saturated rings. The van der Waals surface area contributed by atoms with Gasteiger partial charge in [-0.3, -0.25) is 0 Å². The quantitative estimate of drug-likeness (QED) is 0.605. The number of methoxy groups -OCH3 is 1. The van der Waals surface area contributed by atoms with Crippen molar-refractivity contribution in [3.63, 3.8) is 0 Å². The first-order valence-electron chi connectivity index (χ1n) is 4.70. The number of benzene rings is 1. The Balaban J connectivity index is 2.19. The van der Waals surface area contributed by atoms with Crippen LogP contribution >= 0.6 is 0 Å². The Kier molecular flexibility index (Phi) is 2.98. The fourth-order valence-electron chi connectivity index (χ4n) is 1.61. The van der Waals surface area contributed by atoms with Crippen LogP contribution in [0.5, 0.6) is 5.75 Å². The Labute approximate surface area is 96.6 Å². The van der Waals surface area contributed by atoms with Crippen molar-refractivity contribution in [1.29, 1.82) is 0 Å². The van der Waals surface area contributed by atoms with Crippen molar-refractivity contribution in [2.24, 2.45) is 0 Å². The van der Waals surface area contributed by atoms with Crippen molar-refractivity contribution in [2.75, 3.05) is 7.11 Å². The molecule has 1 heterocycles. The molecule has 1 saturated heterocycles. The number of ether oxygens (including phenoxy) is 2. The molecule has 1 aromatic carbocycles. The van der Waals surface area contributed by atoms with Crippen LogP contribution in [0, 0.1) is 0 Å². The third kappa shape index (κ3) is 2.16. The second-order valence-corrected chi connectivity index (χ2v) is 4.70. The summed E-state index contributed by atoms with van der Waals surface area (Å²) in [5, 5.41) is 0. The first-order chi connectivity index (χ1) is 7.20. The van der Waals surface area contributed by atoms with Gasteiger partial charge in [-0.05, 0) is 0 Å². The number of cyclic esters (lactones) is 1. The molecule has 2 rings (SSSR count). The molecule has 4 heteroatoms. The molecule has 0 aliphatic carbocycles. The molecule has 0 amide bonds. The summed E-state index contributed by atoms with van der Waals surface area (Å²) in [6.45, 7) is 0. The van der Waals surface area contributed by atoms with Gasteiger partial charge in [-0.15, -0.1) is 0 Å². The molecule has 0 saturated carbocycles. The van der Waals surface area contributed by atoms with Crippen LogP contribution < -0.4 is 4.74 Å². The third-order valence-corrected chi connectivity index (χ3v) is 3.28. The zero-order chi connectivity index (χ0) is 10.8. The summed E-state index contributed by atoms with van der Waals surface area (Å²) in [5.74, 6) is 0.666. The number of carbonyl (C=O) groups excluding carboxylic acids is 1. The Morgan fingerprint density at radius 3 is 2.53 bits per heavy atom. The van der Waals surface area contributed by atoms with Gasteiger partial charge >= 0.3 is 96.3 Å². The average molecular weight is 270 g/mol. The van der Waals surface area contributed by atoms with Crippen molar-refractivity contribution in [2.45, 2.75) is 17.3 Å². The van der Waals surface area contributed by atoms with E-state index in [-0.39, 0.29) is 16.9 Å². The summed E-state index contributed by atoms with van der Waals surface area (Å²) in [6.07, 6.45) is 0.305. The van der Waals surface area contributed by atoms with Crippen molar-refractivity contribution in [3.05, 3.63) is 29.8 Å². The average Bonchev–Trinajstić information content (AvgIpc) is 2.58. The van der Waals surface area contributed by atoms with Crippen molar-refractivity contribution in [3.8, 4) is 5.75 Å². The van der Waals surface area contributed by atoms with Gasteiger partial charge in [0, 0.05) is 0 Å². The Morgan fingerprint density at radius 1 is 1.40 bits per heavy atom. The van der Waals surface area contributed by atoms with Gasteiger partial charge in [0.25, 0.3) is 0 Å². The predicted molar refractivity (Wildman–Crippen MR) is 55.9 cm³/mol. The van der Waals surface area contributed by atoms with Crippen molar-refractivity contribution >= 4 is 22.0 Å². The van der Waals surface area contributed by atoms with E-state index in [9.17, 15) is 4.79 Å². The van der Waals surface area contributed by atoms with Crippen LogP contribution in [0.2, 0.25) is 4.82 Å². The van der Waals surface area contributed by atoms with E-state index in [2.05, 4.69) is 16.0 Å². The second-order valence-electron chi connectivity index (χ2n) is 3.43. The van der Waals surface area contributed by atoms with Crippen molar-refractivity contribution in [1.82, 2.24) is 0 Å². The summed E-state index contributed by atoms with van der Waals surface area (Å²) in [5.41, 5.74) is 1.01. The standard InChI is InChI=1S/C11H11O3Se/c1-13-8-4-2-7(3-5-8)11-9(15)6-10(12)14-11/h2-5,9,11H,6H2,1H3. The van der Waals surface area contributed by atoms with Gasteiger partial charge < -0.3 is 0 Å². The van der Waals surface area contributed by atoms with Crippen LogP contribution in [0.3, 0.4) is 0 Å². The van der Waals surface area contributed by atoms with Crippen molar-refractivity contribution < 1.29 is 14.3 Å². The summed E-state index contributed by atoms with van der Waals surface area (Å²) in [6, 6.07) is 7.58. The zero-order valence-corrected chi connectivity index (χ0v) is 10.0. The molecule has 1 aliphatic heterocycles. The van der Waals surface area contributed by atoms with Gasteiger partial charge in [0.05, 0.1) is 0 Å². The van der Waals surface area contributed by atoms with E-state index in [0.29, 0.717) is 6.42 Å². The Hall–Kier alpha value is -0.991. The summed E-state index contributed by atoms with van der Waals surface area (Å²) < 4.78 is 10.3. The summed E-state index contributed by atoms with van der Waals surface area (Å²) >= 11 is 2.97. The molecule has 1 radical (unpaired) electrons. The first kappa shape index (κ1) is 10.5. The molecule has 0 N–H and O–H groups in total. The molecule has 0 bridgehead atoms. The maximum atomic E-state index is 11.1. The van der Waals surface area contributed by atoms with E-state index in [1.165, 1.54) is 0 Å². The normalized spacial score (nSPS) is 25.1. The molecule has 3 nitrogen and oxygen atoms in total. The number of rotatable bonds is 2. The topological polar surface area (TPSA) is 35.5 Å². The molecule has 2 unspecified atom stereocenters. The summed E-state index contributed by atoms with van der Waals surface area (Å²) in [7, 11) is 1.63. The van der Waals surface area contributed by atoms with Gasteiger partial charge in [-0.25, -0.2) is 0 Å². The zero-order valence-electron chi connectivity index (χ0n) is 8.30. The minimum absolute atomic E-state index is 0.130. The monoisotopic (exact) mass is 271 g/mol. The maximum absolute atomic E-state index is 11.1. The molecular weight excluding hydrogens is 259 g/mol. The minimum atomic E-state index is -0.150. The first-order valence-corrected chi connectivity index (χ1v) is 5.69. The molecule has 0 aromatic heterocycles. The van der Waals surface area contributed by atoms with E-state index in [1.54, 1.807) is 7.11 Å². The third-order valence-electron chi connectivity index (χ3n) is 2.41. The molecule has 2 atom stereocenters. The number of esters is 1. The van der Waals surface area contributed by atoms with E-state index >= 15 is 0 Å². The fraction of sp³-hybridized carbons (Fsp3) is 0.364. The van der Waals surface area contributed by atoms with Crippen LogP contribution in [0.15, 0.2) is 24.3 Å². The Bertz CT molecular complexity index is 361. The van der Waals surface area contributed by atoms with Gasteiger partial charge in [0.15, 0.2) is 0 Å². The van der Waals surface area contributed by atoms with Gasteiger partial charge in [-0.1, -0.05) is 0 Å². The molecule has 1 aromatic rings. The van der Waals surface area contributed by atoms with Gasteiger partial charge in [0.1, 0.15) is 0 Å². The SMILES string of the molecule is COc1ccc(C2OC(=O)CC2[Se])cc1. The van der Waals surface area contributed by atoms with Crippen LogP contribution in [0.1, 0.15) is 18.1 Å². The van der Waals surface area contributed by atoms with Crippen LogP contribution in [-0.2, 0) is 9.53 Å². The number of hydrogen-bond donors (Lipinski definition) is 0. The van der Waals surface area contributed by atoms with Crippen LogP contribution in [-0.4, -0.2) is 29.1 Å². The van der Waals surface area contributed by atoms with Crippen LogP contribution in [0.25, 0.3) is 0 Å². The van der Waals surface area contributed by atoms with E-state index < -0.39 is 0 Å².